The Kier molecular flexibility index (Phi) is 8.18. The van der Waals surface area contributed by atoms with Gasteiger partial charge in [0.1, 0.15) is 5.52 Å². The van der Waals surface area contributed by atoms with Crippen molar-refractivity contribution in [2.75, 3.05) is 44.3 Å². The van der Waals surface area contributed by atoms with Crippen molar-refractivity contribution in [3.8, 4) is 11.3 Å². The van der Waals surface area contributed by atoms with E-state index in [1.165, 1.54) is 11.3 Å². The molecule has 0 radical (unpaired) electrons. The Morgan fingerprint density at radius 3 is 2.68 bits per heavy atom. The molecule has 0 saturated carbocycles. The lowest BCUT2D eigenvalue weighted by Gasteiger charge is -2.27. The van der Waals surface area contributed by atoms with E-state index >= 15 is 0 Å². The van der Waals surface area contributed by atoms with Gasteiger partial charge in [0, 0.05) is 37.8 Å². The molecule has 2 aromatic carbocycles. The molecule has 1 aliphatic heterocycles. The molecule has 0 N–H and O–H groups in total. The van der Waals surface area contributed by atoms with Crippen LogP contribution in [0.1, 0.15) is 16.9 Å². The Bertz CT molecular complexity index is 1240. The average molecular weight is 519 g/mol. The van der Waals surface area contributed by atoms with E-state index in [0.717, 1.165) is 49.5 Å². The van der Waals surface area contributed by atoms with Crippen LogP contribution in [0.3, 0.4) is 0 Å². The second-order valence-corrected chi connectivity index (χ2v) is 9.21. The van der Waals surface area contributed by atoms with E-state index in [0.29, 0.717) is 28.0 Å². The zero-order chi connectivity index (χ0) is 22.6. The lowest BCUT2D eigenvalue weighted by Crippen LogP contribution is -2.39. The maximum Gasteiger partial charge on any atom is 0.282 e. The van der Waals surface area contributed by atoms with Crippen molar-refractivity contribution in [3.63, 3.8) is 0 Å². The topological polar surface area (TPSA) is 71.7 Å². The first-order chi connectivity index (χ1) is 16.2. The zero-order valence-electron chi connectivity index (χ0n) is 18.4. The van der Waals surface area contributed by atoms with Crippen LogP contribution in [-0.4, -0.2) is 60.3 Å². The summed E-state index contributed by atoms with van der Waals surface area (Å²) in [6.07, 6.45) is 0.804. The first kappa shape index (κ1) is 24.6. The first-order valence-corrected chi connectivity index (χ1v) is 12.1. The largest absolute Gasteiger partial charge is 0.379 e. The number of aromatic nitrogens is 2. The number of carbonyl (C=O) groups is 1. The third-order valence-electron chi connectivity index (χ3n) is 5.58. The molecule has 0 atom stereocenters. The molecule has 1 amide bonds. The van der Waals surface area contributed by atoms with Crippen molar-refractivity contribution in [2.24, 2.45) is 0 Å². The van der Waals surface area contributed by atoms with Gasteiger partial charge in [-0.3, -0.25) is 14.6 Å². The Morgan fingerprint density at radius 2 is 1.91 bits per heavy atom. The molecule has 1 fully saturated rings. The highest BCUT2D eigenvalue weighted by Crippen LogP contribution is 2.33. The molecule has 0 bridgehead atoms. The Labute approximate surface area is 212 Å². The van der Waals surface area contributed by atoms with Crippen LogP contribution in [0.15, 0.2) is 59.1 Å². The summed E-state index contributed by atoms with van der Waals surface area (Å²) >= 11 is 7.79. The predicted octanol–water partition coefficient (Wildman–Crippen LogP) is 5.40. The molecule has 5 rings (SSSR count). The number of morpholine rings is 1. The number of hydrogen-bond acceptors (Lipinski definition) is 7. The number of thiazole rings is 1. The van der Waals surface area contributed by atoms with E-state index in [1.807, 2.05) is 48.5 Å². The van der Waals surface area contributed by atoms with Crippen LogP contribution in [-0.2, 0) is 4.74 Å². The third-order valence-corrected chi connectivity index (χ3v) is 6.93. The number of nitrogens with zero attached hydrogens (tertiary/aromatic N) is 4. The van der Waals surface area contributed by atoms with Crippen molar-refractivity contribution >= 4 is 56.6 Å². The van der Waals surface area contributed by atoms with Crippen molar-refractivity contribution in [1.29, 1.82) is 0 Å². The highest BCUT2D eigenvalue weighted by atomic mass is 35.5. The fourth-order valence-corrected chi connectivity index (χ4v) is 5.12. The highest BCUT2D eigenvalue weighted by Gasteiger charge is 2.25. The molecule has 3 heterocycles. The zero-order valence-corrected chi connectivity index (χ0v) is 20.7. The highest BCUT2D eigenvalue weighted by molar-refractivity contribution is 7.22. The number of hydrogen-bond donors (Lipinski definition) is 0. The fraction of sp³-hybridized carbons (Fsp3) is 0.292. The van der Waals surface area contributed by atoms with Gasteiger partial charge in [0.05, 0.1) is 22.9 Å². The van der Waals surface area contributed by atoms with Gasteiger partial charge in [-0.25, -0.2) is 4.98 Å². The van der Waals surface area contributed by atoms with Gasteiger partial charge in [-0.15, -0.1) is 12.4 Å². The number of anilines is 1. The molecule has 4 aromatic rings. The summed E-state index contributed by atoms with van der Waals surface area (Å²) in [4.78, 5) is 22.3. The summed E-state index contributed by atoms with van der Waals surface area (Å²) in [6.45, 7) is 4.72. The Morgan fingerprint density at radius 1 is 1.12 bits per heavy atom. The second kappa shape index (κ2) is 11.3. The van der Waals surface area contributed by atoms with Crippen molar-refractivity contribution in [2.45, 2.75) is 6.42 Å². The number of para-hydroxylation sites is 1. The minimum Gasteiger partial charge on any atom is -0.379 e. The van der Waals surface area contributed by atoms with Crippen LogP contribution >= 0.6 is 35.3 Å². The molecule has 2 aromatic heterocycles. The smallest absolute Gasteiger partial charge is 0.282 e. The normalized spacial score (nSPS) is 14.1. The molecule has 178 valence electrons. The molecule has 0 aliphatic carbocycles. The van der Waals surface area contributed by atoms with Gasteiger partial charge in [0.25, 0.3) is 5.91 Å². The van der Waals surface area contributed by atoms with E-state index in [2.05, 4.69) is 15.0 Å². The number of rotatable bonds is 7. The average Bonchev–Trinajstić information content (AvgIpc) is 3.51. The molecule has 1 saturated heterocycles. The van der Waals surface area contributed by atoms with Gasteiger partial charge in [0.15, 0.2) is 16.6 Å². The van der Waals surface area contributed by atoms with Gasteiger partial charge in [-0.1, -0.05) is 64.5 Å². The quantitative estimate of drug-likeness (QED) is 0.326. The van der Waals surface area contributed by atoms with E-state index in [-0.39, 0.29) is 24.0 Å². The second-order valence-electron chi connectivity index (χ2n) is 7.79. The molecule has 1 aliphatic rings. The number of fused-ring (bicyclic) bond motifs is 1. The summed E-state index contributed by atoms with van der Waals surface area (Å²) in [5.74, 6) is 0.317. The summed E-state index contributed by atoms with van der Waals surface area (Å²) in [5.41, 5.74) is 1.83. The summed E-state index contributed by atoms with van der Waals surface area (Å²) in [6, 6.07) is 17.0. The monoisotopic (exact) mass is 518 g/mol. The summed E-state index contributed by atoms with van der Waals surface area (Å²) < 4.78 is 11.8. The van der Waals surface area contributed by atoms with E-state index in [9.17, 15) is 4.79 Å². The van der Waals surface area contributed by atoms with E-state index in [1.54, 1.807) is 11.0 Å². The number of benzene rings is 2. The maximum absolute atomic E-state index is 13.5. The fourth-order valence-electron chi connectivity index (χ4n) is 3.83. The lowest BCUT2D eigenvalue weighted by atomic mass is 10.1. The van der Waals surface area contributed by atoms with Gasteiger partial charge >= 0.3 is 0 Å². The minimum absolute atomic E-state index is 0. The molecular formula is C24H24Cl2N4O3S. The predicted molar refractivity (Wildman–Crippen MR) is 137 cm³/mol. The summed E-state index contributed by atoms with van der Waals surface area (Å²) in [7, 11) is 0. The third kappa shape index (κ3) is 5.42. The van der Waals surface area contributed by atoms with E-state index < -0.39 is 0 Å². The lowest BCUT2D eigenvalue weighted by molar-refractivity contribution is 0.0376. The SMILES string of the molecule is Cl.O=C(c1cc(-c2ccccc2)on1)N(CCCN1CCOCC1)c1nc2c(Cl)cccc2s1. The molecule has 10 heteroatoms. The van der Waals surface area contributed by atoms with Crippen LogP contribution in [0, 0.1) is 0 Å². The molecule has 0 unspecified atom stereocenters. The summed E-state index contributed by atoms with van der Waals surface area (Å²) in [5, 5.41) is 5.24. The van der Waals surface area contributed by atoms with Crippen LogP contribution in [0.2, 0.25) is 5.02 Å². The minimum atomic E-state index is -0.238. The molecule has 0 spiro atoms. The molecular weight excluding hydrogens is 495 g/mol. The standard InChI is InChI=1S/C24H23ClN4O3S.ClH/c25-18-8-4-9-21-22(18)26-24(33-21)29(11-5-10-28-12-14-31-15-13-28)23(30)19-16-20(32-27-19)17-6-2-1-3-7-17;/h1-4,6-9,16H,5,10-15H2;1H. The Balaban J connectivity index is 0.00000274. The maximum atomic E-state index is 13.5. The van der Waals surface area contributed by atoms with Crippen LogP contribution in [0.25, 0.3) is 21.5 Å². The Hall–Kier alpha value is -2.49. The van der Waals surface area contributed by atoms with Crippen molar-refractivity contribution in [1.82, 2.24) is 15.0 Å². The molecule has 34 heavy (non-hydrogen) atoms. The van der Waals surface area contributed by atoms with Crippen molar-refractivity contribution < 1.29 is 14.1 Å². The van der Waals surface area contributed by atoms with Crippen LogP contribution in [0.5, 0.6) is 0 Å². The van der Waals surface area contributed by atoms with Gasteiger partial charge in [0.2, 0.25) is 0 Å². The number of carbonyl (C=O) groups excluding carboxylic acids is 1. The number of amides is 1. The van der Waals surface area contributed by atoms with Gasteiger partial charge < -0.3 is 9.26 Å². The number of halogens is 2. The first-order valence-electron chi connectivity index (χ1n) is 10.9. The van der Waals surface area contributed by atoms with Crippen LogP contribution < -0.4 is 4.90 Å². The number of ether oxygens (including phenoxy) is 1. The van der Waals surface area contributed by atoms with Gasteiger partial charge in [-0.2, -0.15) is 0 Å². The molecule has 7 nitrogen and oxygen atoms in total. The van der Waals surface area contributed by atoms with Crippen LogP contribution in [0.4, 0.5) is 5.13 Å². The van der Waals surface area contributed by atoms with Crippen molar-refractivity contribution in [3.05, 3.63) is 65.3 Å². The van der Waals surface area contributed by atoms with Gasteiger partial charge in [-0.05, 0) is 18.6 Å². The van der Waals surface area contributed by atoms with E-state index in [4.69, 9.17) is 20.9 Å².